The molecule has 0 fully saturated rings. The predicted octanol–water partition coefficient (Wildman–Crippen LogP) is 2.34. The van der Waals surface area contributed by atoms with Crippen molar-refractivity contribution in [2.75, 3.05) is 20.1 Å². The summed E-state index contributed by atoms with van der Waals surface area (Å²) >= 11 is 7.63. The Balaban J connectivity index is 2.95. The van der Waals surface area contributed by atoms with E-state index >= 15 is 0 Å². The average molecular weight is 345 g/mol. The quantitative estimate of drug-likeness (QED) is 0.805. The first kappa shape index (κ1) is 16.0. The SMILES string of the molecule is CCCN(CC(=O)NC)C(=O)c1ccc(Br)cc1S. The minimum atomic E-state index is -0.181. The number of rotatable bonds is 5. The number of carbonyl (C=O) groups excluding carboxylic acids is 2. The van der Waals surface area contributed by atoms with Crippen molar-refractivity contribution in [1.82, 2.24) is 10.2 Å². The van der Waals surface area contributed by atoms with Gasteiger partial charge in [0.05, 0.1) is 12.1 Å². The van der Waals surface area contributed by atoms with Crippen LogP contribution < -0.4 is 5.32 Å². The van der Waals surface area contributed by atoms with Gasteiger partial charge in [-0.2, -0.15) is 0 Å². The van der Waals surface area contributed by atoms with Gasteiger partial charge in [-0.15, -0.1) is 12.6 Å². The van der Waals surface area contributed by atoms with Crippen molar-refractivity contribution in [2.24, 2.45) is 0 Å². The predicted molar refractivity (Wildman–Crippen MR) is 81.7 cm³/mol. The zero-order valence-electron chi connectivity index (χ0n) is 10.9. The number of hydrogen-bond donors (Lipinski definition) is 2. The summed E-state index contributed by atoms with van der Waals surface area (Å²) in [6, 6.07) is 5.26. The number of carbonyl (C=O) groups is 2. The molecule has 104 valence electrons. The normalized spacial score (nSPS) is 10.1. The summed E-state index contributed by atoms with van der Waals surface area (Å²) in [5, 5.41) is 2.52. The summed E-state index contributed by atoms with van der Waals surface area (Å²) in [5.74, 6) is -0.359. The minimum absolute atomic E-state index is 0.0620. The number of likely N-dealkylation sites (N-methyl/N-ethyl adjacent to an activating group) is 1. The van der Waals surface area contributed by atoms with Crippen LogP contribution >= 0.6 is 28.6 Å². The molecule has 1 rings (SSSR count). The van der Waals surface area contributed by atoms with Crippen LogP contribution in [0.25, 0.3) is 0 Å². The van der Waals surface area contributed by atoms with Gasteiger partial charge in [0, 0.05) is 23.0 Å². The van der Waals surface area contributed by atoms with Crippen LogP contribution in [0.1, 0.15) is 23.7 Å². The third-order valence-corrected chi connectivity index (χ3v) is 3.45. The zero-order valence-corrected chi connectivity index (χ0v) is 13.4. The van der Waals surface area contributed by atoms with Gasteiger partial charge in [-0.3, -0.25) is 9.59 Å². The van der Waals surface area contributed by atoms with Gasteiger partial charge in [0.1, 0.15) is 0 Å². The van der Waals surface area contributed by atoms with Gasteiger partial charge < -0.3 is 10.2 Å². The zero-order chi connectivity index (χ0) is 14.4. The minimum Gasteiger partial charge on any atom is -0.358 e. The van der Waals surface area contributed by atoms with E-state index in [2.05, 4.69) is 33.9 Å². The van der Waals surface area contributed by atoms with Crippen LogP contribution in [0.4, 0.5) is 0 Å². The number of benzene rings is 1. The van der Waals surface area contributed by atoms with Crippen molar-refractivity contribution in [3.8, 4) is 0 Å². The smallest absolute Gasteiger partial charge is 0.255 e. The largest absolute Gasteiger partial charge is 0.358 e. The lowest BCUT2D eigenvalue weighted by atomic mass is 10.2. The Morgan fingerprint density at radius 2 is 2.11 bits per heavy atom. The number of amides is 2. The van der Waals surface area contributed by atoms with Gasteiger partial charge >= 0.3 is 0 Å². The number of hydrogen-bond acceptors (Lipinski definition) is 3. The summed E-state index contributed by atoms with van der Waals surface area (Å²) in [6.45, 7) is 2.56. The molecule has 2 amide bonds. The van der Waals surface area contributed by atoms with Crippen LogP contribution in [0.3, 0.4) is 0 Å². The van der Waals surface area contributed by atoms with Gasteiger partial charge in [0.25, 0.3) is 5.91 Å². The van der Waals surface area contributed by atoms with Gasteiger partial charge in [-0.05, 0) is 24.6 Å². The van der Waals surface area contributed by atoms with E-state index in [9.17, 15) is 9.59 Å². The highest BCUT2D eigenvalue weighted by Gasteiger charge is 2.19. The third-order valence-electron chi connectivity index (χ3n) is 2.58. The average Bonchev–Trinajstić information content (AvgIpc) is 2.37. The molecule has 0 spiro atoms. The molecule has 0 aliphatic rings. The lowest BCUT2D eigenvalue weighted by molar-refractivity contribution is -0.121. The van der Waals surface area contributed by atoms with Crippen LogP contribution in [-0.2, 0) is 4.79 Å². The molecule has 0 atom stereocenters. The molecule has 19 heavy (non-hydrogen) atoms. The first-order valence-electron chi connectivity index (χ1n) is 5.98. The van der Waals surface area contributed by atoms with Crippen molar-refractivity contribution < 1.29 is 9.59 Å². The Morgan fingerprint density at radius 3 is 2.63 bits per heavy atom. The summed E-state index contributed by atoms with van der Waals surface area (Å²) in [5.41, 5.74) is 0.504. The number of thiol groups is 1. The lowest BCUT2D eigenvalue weighted by Crippen LogP contribution is -2.40. The van der Waals surface area contributed by atoms with Gasteiger partial charge in [-0.1, -0.05) is 22.9 Å². The standard InChI is InChI=1S/C13H17BrN2O2S/c1-3-6-16(8-12(17)15-2)13(18)10-5-4-9(14)7-11(10)19/h4-5,7,19H,3,6,8H2,1-2H3,(H,15,17). The summed E-state index contributed by atoms with van der Waals surface area (Å²) in [6.07, 6.45) is 0.793. The monoisotopic (exact) mass is 344 g/mol. The highest BCUT2D eigenvalue weighted by molar-refractivity contribution is 9.10. The van der Waals surface area contributed by atoms with Crippen molar-refractivity contribution in [1.29, 1.82) is 0 Å². The fraction of sp³-hybridized carbons (Fsp3) is 0.385. The van der Waals surface area contributed by atoms with Gasteiger partial charge in [0.15, 0.2) is 0 Å². The molecular weight excluding hydrogens is 328 g/mol. The summed E-state index contributed by atoms with van der Waals surface area (Å²) in [4.78, 5) is 26.0. The van der Waals surface area contributed by atoms with Crippen molar-refractivity contribution in [2.45, 2.75) is 18.2 Å². The summed E-state index contributed by atoms with van der Waals surface area (Å²) < 4.78 is 0.863. The van der Waals surface area contributed by atoms with Gasteiger partial charge in [-0.25, -0.2) is 0 Å². The second-order valence-corrected chi connectivity index (χ2v) is 5.46. The van der Waals surface area contributed by atoms with Crippen LogP contribution in [0.2, 0.25) is 0 Å². The first-order valence-corrected chi connectivity index (χ1v) is 7.22. The Hall–Kier alpha value is -1.01. The van der Waals surface area contributed by atoms with E-state index in [0.717, 1.165) is 10.9 Å². The third kappa shape index (κ3) is 4.54. The van der Waals surface area contributed by atoms with Crippen LogP contribution in [0.5, 0.6) is 0 Å². The van der Waals surface area contributed by atoms with E-state index < -0.39 is 0 Å². The molecule has 0 saturated heterocycles. The highest BCUT2D eigenvalue weighted by Crippen LogP contribution is 2.21. The number of nitrogens with one attached hydrogen (secondary N) is 1. The maximum atomic E-state index is 12.4. The van der Waals surface area contributed by atoms with Crippen LogP contribution in [-0.4, -0.2) is 36.9 Å². The van der Waals surface area contributed by atoms with Gasteiger partial charge in [0.2, 0.25) is 5.91 Å². The second kappa shape index (κ2) is 7.55. The molecular formula is C13H17BrN2O2S. The Labute approximate surface area is 127 Å². The molecule has 0 aromatic heterocycles. The van der Waals surface area contributed by atoms with Crippen molar-refractivity contribution >= 4 is 40.4 Å². The maximum absolute atomic E-state index is 12.4. The molecule has 0 aliphatic carbocycles. The molecule has 1 N–H and O–H groups in total. The Kier molecular flexibility index (Phi) is 6.37. The molecule has 0 heterocycles. The molecule has 0 aliphatic heterocycles. The van der Waals surface area contributed by atoms with Crippen molar-refractivity contribution in [3.05, 3.63) is 28.2 Å². The Morgan fingerprint density at radius 1 is 1.42 bits per heavy atom. The summed E-state index contributed by atoms with van der Waals surface area (Å²) in [7, 11) is 1.56. The second-order valence-electron chi connectivity index (χ2n) is 4.06. The lowest BCUT2D eigenvalue weighted by Gasteiger charge is -2.22. The molecule has 6 heteroatoms. The van der Waals surface area contributed by atoms with E-state index in [4.69, 9.17) is 0 Å². The first-order chi connectivity index (χ1) is 8.99. The number of halogens is 1. The van der Waals surface area contributed by atoms with Crippen LogP contribution in [0, 0.1) is 0 Å². The van der Waals surface area contributed by atoms with E-state index in [1.54, 1.807) is 25.2 Å². The molecule has 0 saturated carbocycles. The topological polar surface area (TPSA) is 49.4 Å². The fourth-order valence-corrected chi connectivity index (χ4v) is 2.48. The maximum Gasteiger partial charge on any atom is 0.255 e. The van der Waals surface area contributed by atoms with E-state index in [0.29, 0.717) is 17.0 Å². The molecule has 0 radical (unpaired) electrons. The van der Waals surface area contributed by atoms with E-state index in [1.807, 2.05) is 6.92 Å². The molecule has 4 nitrogen and oxygen atoms in total. The Bertz CT molecular complexity index is 480. The molecule has 0 bridgehead atoms. The fourth-order valence-electron chi connectivity index (χ4n) is 1.63. The highest BCUT2D eigenvalue weighted by atomic mass is 79.9. The molecule has 0 unspecified atom stereocenters. The van der Waals surface area contributed by atoms with E-state index in [-0.39, 0.29) is 18.4 Å². The van der Waals surface area contributed by atoms with E-state index in [1.165, 1.54) is 4.90 Å². The van der Waals surface area contributed by atoms with Crippen molar-refractivity contribution in [3.63, 3.8) is 0 Å². The number of nitrogens with zero attached hydrogens (tertiary/aromatic N) is 1. The molecule has 1 aromatic rings. The molecule has 1 aromatic carbocycles. The van der Waals surface area contributed by atoms with Crippen LogP contribution in [0.15, 0.2) is 27.6 Å².